The molecule has 0 aliphatic heterocycles. The third-order valence-corrected chi connectivity index (χ3v) is 2.62. The van der Waals surface area contributed by atoms with E-state index in [0.29, 0.717) is 10.1 Å². The van der Waals surface area contributed by atoms with E-state index in [0.717, 1.165) is 44.2 Å². The van der Waals surface area contributed by atoms with Crippen LogP contribution in [0.4, 0.5) is 0 Å². The molecule has 14 heteroatoms. The topological polar surface area (TPSA) is 112 Å². The standard InChI is InChI=1S/2C5H5NOS.H4O2P2.2O.2V/c2*7-6-4-2-1-3-5(6)8;1-4-2-3;;;;/h2*1-4,7H;1,4H,3H2;;;;/q;;;;;;+2/i;;3T,4T;;;;. The molecule has 0 saturated heterocycles. The quantitative estimate of drug-likeness (QED) is 0.239. The fraction of sp³-hybridized carbons (Fsp3) is 0. The first-order valence-electron chi connectivity index (χ1n) is 6.25. The SMILES string of the molecule is O[n+]1ccccc1[S-].O[n+]1ccccc1[S-].[3H]POP([3H])O.[O]=[V+2].[O]=[V]. The van der Waals surface area contributed by atoms with Gasteiger partial charge in [0.2, 0.25) is 12.4 Å². The van der Waals surface area contributed by atoms with Crippen LogP contribution in [0.2, 0.25) is 0 Å². The van der Waals surface area contributed by atoms with E-state index in [2.05, 4.69) is 29.6 Å². The van der Waals surface area contributed by atoms with Crippen LogP contribution in [0.1, 0.15) is 0 Å². The summed E-state index contributed by atoms with van der Waals surface area (Å²) >= 11 is 11.5. The van der Waals surface area contributed by atoms with E-state index in [1.54, 1.807) is 36.4 Å². The third kappa shape index (κ3) is 18.2. The Hall–Kier alpha value is -0.111. The summed E-state index contributed by atoms with van der Waals surface area (Å²) in [6.07, 6.45) is 2.98. The zero-order chi connectivity index (χ0) is 21.0. The Morgan fingerprint density at radius 1 is 1.12 bits per heavy atom. The Bertz CT molecular complexity index is 513. The van der Waals surface area contributed by atoms with Crippen LogP contribution in [-0.4, -0.2) is 17.9 Å². The summed E-state index contributed by atoms with van der Waals surface area (Å²) in [4.78, 5) is 7.95. The second-order valence-electron chi connectivity index (χ2n) is 2.94. The van der Waals surface area contributed by atoms with Crippen LogP contribution in [-0.2, 0) is 71.7 Å². The molecule has 3 N–H and O–H groups in total. The van der Waals surface area contributed by atoms with Crippen LogP contribution in [0.15, 0.2) is 58.8 Å². The van der Waals surface area contributed by atoms with Crippen LogP contribution in [0.25, 0.3) is 0 Å². The summed E-state index contributed by atoms with van der Waals surface area (Å²) in [6.45, 7) is 0. The first kappa shape index (κ1) is 23.9. The molecule has 0 aromatic carbocycles. The second kappa shape index (κ2) is 22.9. The van der Waals surface area contributed by atoms with E-state index in [4.69, 9.17) is 25.2 Å². The van der Waals surface area contributed by atoms with E-state index in [1.807, 2.05) is 0 Å². The van der Waals surface area contributed by atoms with Gasteiger partial charge in [0.05, 0.1) is 1.28 Å². The predicted molar refractivity (Wildman–Crippen MR) is 81.6 cm³/mol. The van der Waals surface area contributed by atoms with Crippen molar-refractivity contribution in [3.8, 4) is 0 Å². The van der Waals surface area contributed by atoms with Gasteiger partial charge < -0.3 is 34.5 Å². The Balaban J connectivity index is -0.000000281. The van der Waals surface area contributed by atoms with Gasteiger partial charge in [-0.2, -0.15) is 0 Å². The summed E-state index contributed by atoms with van der Waals surface area (Å²) in [5.41, 5.74) is 0. The van der Waals surface area contributed by atoms with Crippen molar-refractivity contribution in [2.45, 2.75) is 10.1 Å². The minimum atomic E-state index is -2.03. The number of aromatic nitrogens is 2. The molecule has 2 rings (SSSR count). The van der Waals surface area contributed by atoms with Crippen molar-refractivity contribution in [1.29, 1.82) is 2.56 Å². The summed E-state index contributed by atoms with van der Waals surface area (Å²) in [6, 6.07) is 10.3. The van der Waals surface area contributed by atoms with Gasteiger partial charge >= 0.3 is 42.1 Å². The molecule has 2 unspecified atom stereocenters. The maximum atomic E-state index is 8.73. The molecular formula is C10H14N2O6P2S2V2+2. The molecular weight excluding hydrogens is 472 g/mol. The summed E-state index contributed by atoms with van der Waals surface area (Å²) in [5.74, 6) is 0. The molecule has 130 valence electrons. The first-order chi connectivity index (χ1) is 12.4. The molecule has 2 aromatic rings. The fourth-order valence-corrected chi connectivity index (χ4v) is 1.12. The van der Waals surface area contributed by atoms with Crippen LogP contribution in [0, 0.1) is 0 Å². The number of nitrogens with zero attached hydrogens (tertiary/aromatic N) is 2. The second-order valence-corrected chi connectivity index (χ2v) is 4.67. The molecule has 24 heavy (non-hydrogen) atoms. The zero-order valence-corrected chi connectivity index (χ0v) is 18.1. The van der Waals surface area contributed by atoms with Crippen molar-refractivity contribution >= 4 is 43.6 Å². The van der Waals surface area contributed by atoms with Crippen molar-refractivity contribution in [3.63, 3.8) is 0 Å². The molecule has 2 atom stereocenters. The van der Waals surface area contributed by atoms with Crippen molar-refractivity contribution in [2.75, 3.05) is 0 Å². The Kier molecular flexibility index (Phi) is 22.8. The Labute approximate surface area is 175 Å². The van der Waals surface area contributed by atoms with Crippen LogP contribution >= 0.6 is 18.4 Å². The van der Waals surface area contributed by atoms with Gasteiger partial charge in [-0.15, -0.1) is 0 Å². The fourth-order valence-electron chi connectivity index (χ4n) is 0.838. The predicted octanol–water partition coefficient (Wildman–Crippen LogP) is 0.286. The van der Waals surface area contributed by atoms with Crippen LogP contribution in [0.5, 0.6) is 0 Å². The zero-order valence-electron chi connectivity index (χ0n) is 13.7. The van der Waals surface area contributed by atoms with Gasteiger partial charge in [0.25, 0.3) is 0 Å². The van der Waals surface area contributed by atoms with Gasteiger partial charge in [0.1, 0.15) is 11.3 Å². The number of hydrogen-bond acceptors (Lipinski definition) is 8. The molecule has 0 aliphatic carbocycles. The molecule has 0 radical (unpaired) electrons. The van der Waals surface area contributed by atoms with Crippen molar-refractivity contribution in [3.05, 3.63) is 48.8 Å². The van der Waals surface area contributed by atoms with Crippen molar-refractivity contribution in [1.82, 2.24) is 0 Å². The molecule has 0 fully saturated rings. The van der Waals surface area contributed by atoms with E-state index in [-0.39, 0.29) is 0 Å². The van der Waals surface area contributed by atoms with Gasteiger partial charge in [-0.25, -0.2) is 0 Å². The van der Waals surface area contributed by atoms with Crippen molar-refractivity contribution < 1.29 is 71.2 Å². The number of hydrogen-bond donors (Lipinski definition) is 3. The molecule has 8 nitrogen and oxygen atoms in total. The molecule has 0 amide bonds. The van der Waals surface area contributed by atoms with Crippen LogP contribution < -0.4 is 9.46 Å². The van der Waals surface area contributed by atoms with Gasteiger partial charge in [-0.1, -0.05) is 12.1 Å². The molecule has 2 aromatic heterocycles. The van der Waals surface area contributed by atoms with Gasteiger partial charge in [-0.3, -0.25) is 10.4 Å². The minimum absolute atomic E-state index is 0.424. The monoisotopic (exact) mass is 490 g/mol. The summed E-state index contributed by atoms with van der Waals surface area (Å²) in [7, 11) is -2.55. The summed E-state index contributed by atoms with van der Waals surface area (Å²) < 4.78 is 34.7. The van der Waals surface area contributed by atoms with E-state index >= 15 is 0 Å². The average molecular weight is 490 g/mol. The molecule has 2 heterocycles. The molecule has 0 spiro atoms. The molecule has 0 saturated carbocycles. The number of rotatable bonds is 2. The average Bonchev–Trinajstić information content (AvgIpc) is 2.64. The normalized spacial score (nSPS) is 10.6. The van der Waals surface area contributed by atoms with Gasteiger partial charge in [0, 0.05) is 21.5 Å². The third-order valence-electron chi connectivity index (χ3n) is 1.65. The van der Waals surface area contributed by atoms with Crippen molar-refractivity contribution in [2.24, 2.45) is 0 Å². The van der Waals surface area contributed by atoms with Gasteiger partial charge in [0.15, 0.2) is 8.98 Å². The van der Waals surface area contributed by atoms with Crippen LogP contribution in [0.3, 0.4) is 0 Å². The number of pyridine rings is 2. The molecule has 0 bridgehead atoms. The Morgan fingerprint density at radius 2 is 1.50 bits per heavy atom. The van der Waals surface area contributed by atoms with E-state index in [9.17, 15) is 0 Å². The first-order valence-corrected chi connectivity index (χ1v) is 8.43. The van der Waals surface area contributed by atoms with E-state index < -0.39 is 18.4 Å². The van der Waals surface area contributed by atoms with E-state index in [1.165, 1.54) is 12.4 Å². The Morgan fingerprint density at radius 3 is 1.62 bits per heavy atom. The maximum absolute atomic E-state index is 8.73. The molecule has 0 aliphatic rings. The van der Waals surface area contributed by atoms with Gasteiger partial charge in [-0.05, 0) is 21.6 Å². The summed E-state index contributed by atoms with van der Waals surface area (Å²) in [5, 5.41) is 18.3.